The fourth-order valence-corrected chi connectivity index (χ4v) is 4.08. The summed E-state index contributed by atoms with van der Waals surface area (Å²) in [5.74, 6) is 1.88. The summed E-state index contributed by atoms with van der Waals surface area (Å²) in [7, 11) is 0.957. The molecule has 0 radical (unpaired) electrons. The van der Waals surface area contributed by atoms with Crippen molar-refractivity contribution in [1.82, 2.24) is 19.7 Å². The van der Waals surface area contributed by atoms with Crippen molar-refractivity contribution in [2.24, 2.45) is 7.05 Å². The number of hydrogen-bond acceptors (Lipinski definition) is 6. The first-order valence-electron chi connectivity index (χ1n) is 7.53. The molecule has 6 nitrogen and oxygen atoms in total. The molecule has 2 aromatic heterocycles. The van der Waals surface area contributed by atoms with Gasteiger partial charge in [0.25, 0.3) is 0 Å². The van der Waals surface area contributed by atoms with Gasteiger partial charge in [-0.05, 0) is 11.8 Å². The third-order valence-corrected chi connectivity index (χ3v) is 5.56. The maximum atomic E-state index is 12.2. The van der Waals surface area contributed by atoms with Gasteiger partial charge in [-0.2, -0.15) is 5.10 Å². The Morgan fingerprint density at radius 2 is 2.04 bits per heavy atom. The normalized spacial score (nSPS) is 12.4. The second-order valence-corrected chi connectivity index (χ2v) is 7.63. The molecule has 0 saturated heterocycles. The van der Waals surface area contributed by atoms with Crippen LogP contribution in [0.4, 0.5) is 5.82 Å². The lowest BCUT2D eigenvalue weighted by Crippen LogP contribution is -2.13. The van der Waals surface area contributed by atoms with Gasteiger partial charge in [0.15, 0.2) is 5.65 Å². The van der Waals surface area contributed by atoms with Crippen molar-refractivity contribution in [2.75, 3.05) is 23.9 Å². The van der Waals surface area contributed by atoms with Crippen molar-refractivity contribution in [2.45, 2.75) is 10.8 Å². The Bertz CT molecular complexity index is 850. The number of hydrogen-bond donors (Lipinski definition) is 1. The van der Waals surface area contributed by atoms with Crippen LogP contribution >= 0.6 is 11.8 Å². The molecule has 0 bridgehead atoms. The van der Waals surface area contributed by atoms with Crippen LogP contribution in [0.25, 0.3) is 11.0 Å². The van der Waals surface area contributed by atoms with Crippen LogP contribution in [0, 0.1) is 0 Å². The van der Waals surface area contributed by atoms with E-state index in [1.165, 1.54) is 6.33 Å². The van der Waals surface area contributed by atoms with Gasteiger partial charge in [-0.3, -0.25) is 4.21 Å². The number of thioether (sulfide) groups is 1. The Labute approximate surface area is 147 Å². The summed E-state index contributed by atoms with van der Waals surface area (Å²) in [4.78, 5) is 8.61. The number of nitrogens with zero attached hydrogens (tertiary/aromatic N) is 4. The third-order valence-electron chi connectivity index (χ3n) is 3.57. The van der Waals surface area contributed by atoms with Crippen LogP contribution in [0.2, 0.25) is 0 Å². The summed E-state index contributed by atoms with van der Waals surface area (Å²) in [6, 6.07) is 9.90. The fourth-order valence-electron chi connectivity index (χ4n) is 2.44. The lowest BCUT2D eigenvalue weighted by Gasteiger charge is -2.07. The van der Waals surface area contributed by atoms with Crippen LogP contribution in [0.5, 0.6) is 0 Å². The zero-order valence-electron chi connectivity index (χ0n) is 13.6. The first kappa shape index (κ1) is 16.9. The first-order valence-corrected chi connectivity index (χ1v) is 10.2. The lowest BCUT2D eigenvalue weighted by molar-refractivity contribution is 0.682. The summed E-state index contributed by atoms with van der Waals surface area (Å²) in [5, 5.41) is 9.53. The third kappa shape index (κ3) is 3.76. The molecule has 0 fully saturated rings. The Balaban J connectivity index is 1.65. The minimum atomic E-state index is -0.912. The van der Waals surface area contributed by atoms with Gasteiger partial charge in [0, 0.05) is 35.9 Å². The smallest absolute Gasteiger partial charge is 0.164 e. The monoisotopic (exact) mass is 361 g/mol. The molecule has 0 aliphatic carbocycles. The molecule has 0 amide bonds. The highest BCUT2D eigenvalue weighted by Gasteiger charge is 2.14. The quantitative estimate of drug-likeness (QED) is 0.652. The summed E-state index contributed by atoms with van der Waals surface area (Å²) in [6.45, 7) is 0.592. The second-order valence-electron chi connectivity index (χ2n) is 5.25. The molecule has 0 spiro atoms. The van der Waals surface area contributed by atoms with Gasteiger partial charge in [0.2, 0.25) is 0 Å². The van der Waals surface area contributed by atoms with Crippen LogP contribution in [0.15, 0.2) is 41.7 Å². The van der Waals surface area contributed by atoms with Crippen LogP contribution < -0.4 is 5.32 Å². The number of aryl methyl sites for hydroxylation is 1. The standard InChI is InChI=1S/C16H19N5OS2/c1-21-15-13(16(20-21)23-2)14(18-11-19-15)17-8-9-24(22)10-12-6-4-3-5-7-12/h3-7,11H,8-10H2,1-2H3,(H,17,18,19)/t24-/m0/s1. The molecule has 1 atom stereocenters. The summed E-state index contributed by atoms with van der Waals surface area (Å²) in [5.41, 5.74) is 1.89. The molecule has 1 N–H and O–H groups in total. The van der Waals surface area contributed by atoms with Crippen molar-refractivity contribution < 1.29 is 4.21 Å². The number of benzene rings is 1. The van der Waals surface area contributed by atoms with Crippen LogP contribution in [0.3, 0.4) is 0 Å². The molecule has 2 heterocycles. The number of anilines is 1. The Hall–Kier alpha value is -1.93. The minimum absolute atomic E-state index is 0.565. The second kappa shape index (κ2) is 7.76. The Kier molecular flexibility index (Phi) is 5.47. The Morgan fingerprint density at radius 3 is 2.79 bits per heavy atom. The summed E-state index contributed by atoms with van der Waals surface area (Å²) >= 11 is 1.56. The maximum absolute atomic E-state index is 12.2. The fraction of sp³-hybridized carbons (Fsp3) is 0.312. The van der Waals surface area contributed by atoms with E-state index in [9.17, 15) is 4.21 Å². The first-order chi connectivity index (χ1) is 11.7. The average Bonchev–Trinajstić information content (AvgIpc) is 2.93. The molecule has 126 valence electrons. The average molecular weight is 361 g/mol. The molecular formula is C16H19N5OS2. The molecule has 8 heteroatoms. The molecular weight excluding hydrogens is 342 g/mol. The van der Waals surface area contributed by atoms with E-state index in [4.69, 9.17) is 0 Å². The zero-order chi connectivity index (χ0) is 16.9. The van der Waals surface area contributed by atoms with Gasteiger partial charge < -0.3 is 5.32 Å². The van der Waals surface area contributed by atoms with Crippen molar-refractivity contribution >= 4 is 39.4 Å². The van der Waals surface area contributed by atoms with E-state index in [1.54, 1.807) is 16.4 Å². The van der Waals surface area contributed by atoms with Crippen molar-refractivity contribution in [1.29, 1.82) is 0 Å². The van der Waals surface area contributed by atoms with Crippen molar-refractivity contribution in [3.63, 3.8) is 0 Å². The number of nitrogens with one attached hydrogen (secondary N) is 1. The Morgan fingerprint density at radius 1 is 1.25 bits per heavy atom. The summed E-state index contributed by atoms with van der Waals surface area (Å²) in [6.07, 6.45) is 3.50. The molecule has 0 aliphatic rings. The van der Waals surface area contributed by atoms with Crippen molar-refractivity contribution in [3.8, 4) is 0 Å². The largest absolute Gasteiger partial charge is 0.368 e. The molecule has 0 unspecified atom stereocenters. The molecule has 1 aromatic carbocycles. The highest BCUT2D eigenvalue weighted by Crippen LogP contribution is 2.28. The number of aromatic nitrogens is 4. The van der Waals surface area contributed by atoms with E-state index in [2.05, 4.69) is 20.4 Å². The minimum Gasteiger partial charge on any atom is -0.368 e. The molecule has 3 rings (SSSR count). The zero-order valence-corrected chi connectivity index (χ0v) is 15.2. The van der Waals surface area contributed by atoms with Crippen LogP contribution in [-0.4, -0.2) is 42.5 Å². The van der Waals surface area contributed by atoms with Gasteiger partial charge >= 0.3 is 0 Å². The SMILES string of the molecule is CSc1nn(C)c2ncnc(NCC[S@](=O)Cc3ccccc3)c12. The van der Waals surface area contributed by atoms with E-state index in [0.717, 1.165) is 27.4 Å². The topological polar surface area (TPSA) is 72.7 Å². The molecule has 0 aliphatic heterocycles. The summed E-state index contributed by atoms with van der Waals surface area (Å²) < 4.78 is 14.0. The van der Waals surface area contributed by atoms with Crippen LogP contribution in [0.1, 0.15) is 5.56 Å². The highest BCUT2D eigenvalue weighted by atomic mass is 32.2. The van der Waals surface area contributed by atoms with Crippen LogP contribution in [-0.2, 0) is 23.6 Å². The van der Waals surface area contributed by atoms with E-state index in [-0.39, 0.29) is 0 Å². The predicted molar refractivity (Wildman–Crippen MR) is 99.7 cm³/mol. The maximum Gasteiger partial charge on any atom is 0.164 e. The van der Waals surface area contributed by atoms with Crippen molar-refractivity contribution in [3.05, 3.63) is 42.2 Å². The van der Waals surface area contributed by atoms with Gasteiger partial charge in [0.1, 0.15) is 17.2 Å². The van der Waals surface area contributed by atoms with Gasteiger partial charge in [-0.15, -0.1) is 11.8 Å². The lowest BCUT2D eigenvalue weighted by atomic mass is 10.2. The van der Waals surface area contributed by atoms with E-state index in [1.807, 2.05) is 43.6 Å². The molecule has 3 aromatic rings. The van der Waals surface area contributed by atoms with E-state index < -0.39 is 10.8 Å². The predicted octanol–water partition coefficient (Wildman–Crippen LogP) is 2.45. The van der Waals surface area contributed by atoms with Gasteiger partial charge in [-0.1, -0.05) is 30.3 Å². The number of fused-ring (bicyclic) bond motifs is 1. The van der Waals surface area contributed by atoms with E-state index in [0.29, 0.717) is 18.1 Å². The van der Waals surface area contributed by atoms with Gasteiger partial charge in [-0.25, -0.2) is 14.6 Å². The molecule has 24 heavy (non-hydrogen) atoms. The molecule has 0 saturated carbocycles. The highest BCUT2D eigenvalue weighted by molar-refractivity contribution is 7.98. The van der Waals surface area contributed by atoms with E-state index >= 15 is 0 Å². The van der Waals surface area contributed by atoms with Gasteiger partial charge in [0.05, 0.1) is 5.39 Å². The number of rotatable bonds is 7.